The molecule has 0 spiro atoms. The Morgan fingerprint density at radius 3 is 2.39 bits per heavy atom. The first-order chi connectivity index (χ1) is 17.0. The van der Waals surface area contributed by atoms with Gasteiger partial charge in [0.1, 0.15) is 17.1 Å². The summed E-state index contributed by atoms with van der Waals surface area (Å²) in [7, 11) is 0. The van der Waals surface area contributed by atoms with E-state index in [9.17, 15) is 19.1 Å². The maximum atomic E-state index is 13.6. The van der Waals surface area contributed by atoms with Gasteiger partial charge in [0.15, 0.2) is 5.65 Å². The smallest absolute Gasteiger partial charge is 0.274 e. The predicted octanol–water partition coefficient (Wildman–Crippen LogP) is 3.64. The van der Waals surface area contributed by atoms with E-state index in [0.29, 0.717) is 43.8 Å². The first kappa shape index (κ1) is 24.4. The van der Waals surface area contributed by atoms with Crippen LogP contribution in [0, 0.1) is 5.82 Å². The van der Waals surface area contributed by atoms with Crippen molar-refractivity contribution in [2.24, 2.45) is 0 Å². The number of aliphatic hydroxyl groups is 1. The molecular weight excluding hydrogens is 461 g/mol. The van der Waals surface area contributed by atoms with Crippen molar-refractivity contribution in [2.75, 3.05) is 19.6 Å². The van der Waals surface area contributed by atoms with Gasteiger partial charge in [-0.25, -0.2) is 13.9 Å². The van der Waals surface area contributed by atoms with Crippen LogP contribution in [0.1, 0.15) is 68.9 Å². The summed E-state index contributed by atoms with van der Waals surface area (Å²) in [5.41, 5.74) is 1.40. The Morgan fingerprint density at radius 2 is 1.81 bits per heavy atom. The molecule has 2 aliphatic rings. The van der Waals surface area contributed by atoms with Gasteiger partial charge in [-0.05, 0) is 69.4 Å². The molecule has 1 aliphatic heterocycles. The number of imidazole rings is 1. The molecule has 3 heterocycles. The van der Waals surface area contributed by atoms with Crippen molar-refractivity contribution in [3.63, 3.8) is 0 Å². The van der Waals surface area contributed by atoms with Gasteiger partial charge in [0, 0.05) is 30.8 Å². The fourth-order valence-corrected chi connectivity index (χ4v) is 5.15. The zero-order valence-electron chi connectivity index (χ0n) is 21.2. The highest BCUT2D eigenvalue weighted by Gasteiger charge is 2.48. The minimum atomic E-state index is -1.25. The van der Waals surface area contributed by atoms with E-state index < -0.39 is 11.1 Å². The minimum Gasteiger partial charge on any atom is -0.380 e. The molecule has 36 heavy (non-hydrogen) atoms. The molecule has 0 unspecified atom stereocenters. The fraction of sp³-hybridized carbons (Fsp3) is 0.481. The zero-order chi connectivity index (χ0) is 25.8. The van der Waals surface area contributed by atoms with Crippen molar-refractivity contribution >= 4 is 17.5 Å². The molecule has 1 N–H and O–H groups in total. The Hall–Kier alpha value is -3.33. The number of nitrogens with zero attached hydrogens (tertiary/aromatic N) is 5. The largest absolute Gasteiger partial charge is 0.380 e. The maximum absolute atomic E-state index is 13.6. The predicted molar refractivity (Wildman–Crippen MR) is 133 cm³/mol. The summed E-state index contributed by atoms with van der Waals surface area (Å²) in [6, 6.07) is 8.10. The second-order valence-corrected chi connectivity index (χ2v) is 10.9. The van der Waals surface area contributed by atoms with Crippen molar-refractivity contribution in [1.29, 1.82) is 0 Å². The van der Waals surface area contributed by atoms with E-state index in [0.717, 1.165) is 17.5 Å². The van der Waals surface area contributed by atoms with Gasteiger partial charge in [0.25, 0.3) is 11.8 Å². The second-order valence-electron chi connectivity index (χ2n) is 10.9. The number of halogens is 1. The fourth-order valence-electron chi connectivity index (χ4n) is 5.15. The Labute approximate surface area is 209 Å². The number of amides is 2. The van der Waals surface area contributed by atoms with E-state index >= 15 is 0 Å². The van der Waals surface area contributed by atoms with Crippen molar-refractivity contribution in [3.05, 3.63) is 53.6 Å². The van der Waals surface area contributed by atoms with E-state index in [1.54, 1.807) is 32.6 Å². The number of rotatable bonds is 4. The molecule has 3 aromatic rings. The standard InChI is InChI=1S/C27H32FN5O3/c1-17(2)20-14-21(18-6-8-19(28)9-7-18)30-33-15-22(29-23(20)33)24(34)32-13-12-31(16-26(32,3)4)25(35)27(36)10-5-11-27/h6-9,14-15,17,36H,5,10-13,16H2,1-4H3. The van der Waals surface area contributed by atoms with Crippen molar-refractivity contribution < 1.29 is 19.1 Å². The quantitative estimate of drug-likeness (QED) is 0.599. The lowest BCUT2D eigenvalue weighted by atomic mass is 9.78. The summed E-state index contributed by atoms with van der Waals surface area (Å²) in [4.78, 5) is 34.6. The Kier molecular flexibility index (Phi) is 5.86. The Bertz CT molecular complexity index is 1330. The molecule has 5 rings (SSSR count). The van der Waals surface area contributed by atoms with E-state index in [1.807, 2.05) is 19.9 Å². The Balaban J connectivity index is 1.44. The van der Waals surface area contributed by atoms with Crippen LogP contribution < -0.4 is 0 Å². The number of fused-ring (bicyclic) bond motifs is 1. The number of carbonyl (C=O) groups excluding carboxylic acids is 2. The Morgan fingerprint density at radius 1 is 1.11 bits per heavy atom. The average Bonchev–Trinajstić information content (AvgIpc) is 3.25. The zero-order valence-corrected chi connectivity index (χ0v) is 21.2. The number of hydrogen-bond acceptors (Lipinski definition) is 5. The highest BCUT2D eigenvalue weighted by atomic mass is 19.1. The van der Waals surface area contributed by atoms with Gasteiger partial charge in [-0.15, -0.1) is 0 Å². The van der Waals surface area contributed by atoms with Crippen LogP contribution in [0.2, 0.25) is 0 Å². The summed E-state index contributed by atoms with van der Waals surface area (Å²) in [5, 5.41) is 15.2. The van der Waals surface area contributed by atoms with E-state index in [4.69, 9.17) is 0 Å². The summed E-state index contributed by atoms with van der Waals surface area (Å²) < 4.78 is 15.1. The van der Waals surface area contributed by atoms with Crippen LogP contribution in [-0.4, -0.2) is 72.1 Å². The van der Waals surface area contributed by atoms with Crippen molar-refractivity contribution in [1.82, 2.24) is 24.4 Å². The van der Waals surface area contributed by atoms with Gasteiger partial charge in [-0.3, -0.25) is 9.59 Å². The van der Waals surface area contributed by atoms with Crippen molar-refractivity contribution in [2.45, 2.75) is 64.0 Å². The van der Waals surface area contributed by atoms with Gasteiger partial charge in [-0.1, -0.05) is 13.8 Å². The summed E-state index contributed by atoms with van der Waals surface area (Å²) in [6.07, 6.45) is 3.49. The molecule has 9 heteroatoms. The van der Waals surface area contributed by atoms with E-state index in [-0.39, 0.29) is 29.2 Å². The van der Waals surface area contributed by atoms with Crippen LogP contribution >= 0.6 is 0 Å². The van der Waals surface area contributed by atoms with Gasteiger partial charge in [-0.2, -0.15) is 5.10 Å². The second kappa shape index (κ2) is 8.65. The van der Waals surface area contributed by atoms with Gasteiger partial charge < -0.3 is 14.9 Å². The van der Waals surface area contributed by atoms with Crippen LogP contribution in [0.4, 0.5) is 4.39 Å². The number of carbonyl (C=O) groups is 2. The third-order valence-corrected chi connectivity index (χ3v) is 7.45. The molecule has 0 bridgehead atoms. The molecule has 190 valence electrons. The number of hydrogen-bond donors (Lipinski definition) is 1. The third-order valence-electron chi connectivity index (χ3n) is 7.45. The molecule has 2 aromatic heterocycles. The lowest BCUT2D eigenvalue weighted by molar-refractivity contribution is -0.164. The van der Waals surface area contributed by atoms with Crippen molar-refractivity contribution in [3.8, 4) is 11.3 Å². The summed E-state index contributed by atoms with van der Waals surface area (Å²) >= 11 is 0. The van der Waals surface area contributed by atoms with Gasteiger partial charge in [0.2, 0.25) is 0 Å². The van der Waals surface area contributed by atoms with E-state index in [2.05, 4.69) is 23.9 Å². The highest BCUT2D eigenvalue weighted by Crippen LogP contribution is 2.35. The van der Waals surface area contributed by atoms with Crippen LogP contribution in [-0.2, 0) is 4.79 Å². The lowest BCUT2D eigenvalue weighted by Crippen LogP contribution is -2.65. The molecule has 1 saturated carbocycles. The SMILES string of the molecule is CC(C)c1cc(-c2ccc(F)cc2)nn2cc(C(=O)N3CCN(C(=O)C4(O)CCC4)CC3(C)C)nc12. The number of benzene rings is 1. The minimum absolute atomic E-state index is 0.128. The van der Waals surface area contributed by atoms with E-state index in [1.165, 1.54) is 12.1 Å². The first-order valence-corrected chi connectivity index (χ1v) is 12.5. The lowest BCUT2D eigenvalue weighted by Gasteiger charge is -2.49. The summed E-state index contributed by atoms with van der Waals surface area (Å²) in [6.45, 7) is 9.02. The van der Waals surface area contributed by atoms with Gasteiger partial charge >= 0.3 is 0 Å². The third kappa shape index (κ3) is 4.15. The summed E-state index contributed by atoms with van der Waals surface area (Å²) in [5.74, 6) is -0.646. The van der Waals surface area contributed by atoms with Gasteiger partial charge in [0.05, 0.1) is 17.4 Å². The monoisotopic (exact) mass is 493 g/mol. The molecule has 8 nitrogen and oxygen atoms in total. The van der Waals surface area contributed by atoms with Crippen LogP contribution in [0.25, 0.3) is 16.9 Å². The molecule has 2 amide bonds. The first-order valence-electron chi connectivity index (χ1n) is 12.5. The van der Waals surface area contributed by atoms with Crippen LogP contribution in [0.3, 0.4) is 0 Å². The average molecular weight is 494 g/mol. The number of aromatic nitrogens is 3. The molecular formula is C27H32FN5O3. The van der Waals surface area contributed by atoms with Crippen LogP contribution in [0.5, 0.6) is 0 Å². The maximum Gasteiger partial charge on any atom is 0.274 e. The van der Waals surface area contributed by atoms with Crippen LogP contribution in [0.15, 0.2) is 36.5 Å². The highest BCUT2D eigenvalue weighted by molar-refractivity contribution is 5.94. The molecule has 1 saturated heterocycles. The molecule has 2 fully saturated rings. The molecule has 0 atom stereocenters. The normalized spacial score (nSPS) is 19.0. The number of piperazine rings is 1. The topological polar surface area (TPSA) is 91.0 Å². The molecule has 0 radical (unpaired) electrons. The molecule has 1 aromatic carbocycles. The molecule has 1 aliphatic carbocycles.